The maximum Gasteiger partial charge on any atom is 0.410 e. The number of carbonyl (C=O) groups excluding carboxylic acids is 3. The van der Waals surface area contributed by atoms with Gasteiger partial charge in [-0.15, -0.1) is 0 Å². The van der Waals surface area contributed by atoms with Gasteiger partial charge in [-0.3, -0.25) is 19.7 Å². The van der Waals surface area contributed by atoms with E-state index in [1.807, 2.05) is 0 Å². The van der Waals surface area contributed by atoms with E-state index in [4.69, 9.17) is 4.74 Å². The van der Waals surface area contributed by atoms with Gasteiger partial charge in [-0.25, -0.2) is 4.79 Å². The number of amides is 2. The molecule has 0 aliphatic carbocycles. The quantitative estimate of drug-likeness (QED) is 0.586. The Balaban J connectivity index is 1.63. The average molecular weight is 407 g/mol. The molecule has 3 atom stereocenters. The van der Waals surface area contributed by atoms with E-state index in [9.17, 15) is 24.5 Å². The van der Waals surface area contributed by atoms with Crippen molar-refractivity contribution in [2.75, 3.05) is 13.1 Å². The topological polar surface area (TPSA) is 119 Å². The molecule has 0 saturated carbocycles. The normalized spacial score (nSPS) is 24.1. The molecule has 2 aliphatic rings. The second-order valence-corrected chi connectivity index (χ2v) is 8.41. The minimum absolute atomic E-state index is 0.00279. The molecule has 10 heteroatoms. The number of non-ortho nitro benzene ring substituents is 1. The Morgan fingerprint density at radius 2 is 2.07 bits per heavy atom. The number of carbonyl (C=O) groups is 3. The standard InChI is InChI=1S/C18H21N3O6S/c1-11(22)28-15-7-16(13-6-17(23)19-8-13)20(9-15)18(24)27-10-12-2-4-14(5-3-12)21(25)26/h2-5,13,15-16H,6-10H2,1H3,(H,19,23)/t13-,15-,16-/m0/s1. The number of nitrogens with one attached hydrogen (secondary N) is 1. The van der Waals surface area contributed by atoms with E-state index in [0.717, 1.165) is 0 Å². The first kappa shape index (κ1) is 20.1. The monoisotopic (exact) mass is 407 g/mol. The number of hydrogen-bond acceptors (Lipinski definition) is 7. The van der Waals surface area contributed by atoms with Crippen LogP contribution in [0.25, 0.3) is 0 Å². The van der Waals surface area contributed by atoms with Crippen LogP contribution >= 0.6 is 11.8 Å². The van der Waals surface area contributed by atoms with Gasteiger partial charge in [0, 0.05) is 55.8 Å². The van der Waals surface area contributed by atoms with Gasteiger partial charge >= 0.3 is 6.09 Å². The van der Waals surface area contributed by atoms with Gasteiger partial charge in [-0.05, 0) is 24.1 Å². The largest absolute Gasteiger partial charge is 0.445 e. The number of thioether (sulfide) groups is 1. The summed E-state index contributed by atoms with van der Waals surface area (Å²) in [5.41, 5.74) is 0.610. The maximum absolute atomic E-state index is 12.7. The number of likely N-dealkylation sites (tertiary alicyclic amines) is 1. The van der Waals surface area contributed by atoms with E-state index in [0.29, 0.717) is 31.5 Å². The third-order valence-electron chi connectivity index (χ3n) is 4.93. The molecule has 2 heterocycles. The maximum atomic E-state index is 12.7. The van der Waals surface area contributed by atoms with Crippen molar-refractivity contribution in [3.8, 4) is 0 Å². The van der Waals surface area contributed by atoms with Crippen molar-refractivity contribution < 1.29 is 24.0 Å². The lowest BCUT2D eigenvalue weighted by Crippen LogP contribution is -2.41. The Labute approximate surface area is 165 Å². The highest BCUT2D eigenvalue weighted by Crippen LogP contribution is 2.34. The number of nitro benzene ring substituents is 1. The molecule has 0 radical (unpaired) electrons. The molecular weight excluding hydrogens is 386 g/mol. The van der Waals surface area contributed by atoms with Crippen LogP contribution < -0.4 is 5.32 Å². The molecule has 0 aromatic heterocycles. The van der Waals surface area contributed by atoms with Gasteiger partial charge in [0.15, 0.2) is 5.12 Å². The lowest BCUT2D eigenvalue weighted by Gasteiger charge is -2.27. The van der Waals surface area contributed by atoms with E-state index in [2.05, 4.69) is 5.32 Å². The van der Waals surface area contributed by atoms with Gasteiger partial charge in [0.1, 0.15) is 6.61 Å². The summed E-state index contributed by atoms with van der Waals surface area (Å²) >= 11 is 1.21. The van der Waals surface area contributed by atoms with Crippen LogP contribution in [0.3, 0.4) is 0 Å². The van der Waals surface area contributed by atoms with E-state index < -0.39 is 11.0 Å². The molecule has 1 N–H and O–H groups in total. The highest BCUT2D eigenvalue weighted by molar-refractivity contribution is 8.14. The molecule has 0 spiro atoms. The van der Waals surface area contributed by atoms with Crippen LogP contribution in [0.2, 0.25) is 0 Å². The van der Waals surface area contributed by atoms with Crippen LogP contribution in [-0.2, 0) is 20.9 Å². The number of rotatable bonds is 5. The molecule has 150 valence electrons. The summed E-state index contributed by atoms with van der Waals surface area (Å²) in [6.07, 6.45) is 0.486. The van der Waals surface area contributed by atoms with E-state index in [1.165, 1.54) is 30.8 Å². The third kappa shape index (κ3) is 4.80. The lowest BCUT2D eigenvalue weighted by atomic mass is 9.97. The number of nitro groups is 1. The van der Waals surface area contributed by atoms with Gasteiger partial charge in [0.2, 0.25) is 5.91 Å². The first-order chi connectivity index (χ1) is 13.3. The summed E-state index contributed by atoms with van der Waals surface area (Å²) in [6, 6.07) is 5.64. The molecule has 2 amide bonds. The molecule has 2 aliphatic heterocycles. The van der Waals surface area contributed by atoms with Crippen molar-refractivity contribution in [3.05, 3.63) is 39.9 Å². The minimum atomic E-state index is -0.505. The molecule has 0 unspecified atom stereocenters. The second kappa shape index (κ2) is 8.59. The van der Waals surface area contributed by atoms with Crippen molar-refractivity contribution in [1.82, 2.24) is 10.2 Å². The Kier molecular flexibility index (Phi) is 6.18. The Bertz CT molecular complexity index is 784. The summed E-state index contributed by atoms with van der Waals surface area (Å²) in [5.74, 6) is -0.0381. The van der Waals surface area contributed by atoms with Crippen molar-refractivity contribution >= 4 is 34.6 Å². The number of hydrogen-bond donors (Lipinski definition) is 1. The van der Waals surface area contributed by atoms with E-state index >= 15 is 0 Å². The van der Waals surface area contributed by atoms with E-state index in [1.54, 1.807) is 17.0 Å². The lowest BCUT2D eigenvalue weighted by molar-refractivity contribution is -0.384. The summed E-state index contributed by atoms with van der Waals surface area (Å²) in [4.78, 5) is 47.5. The third-order valence-corrected chi connectivity index (χ3v) is 5.94. The summed E-state index contributed by atoms with van der Waals surface area (Å²) in [5, 5.41) is 13.5. The number of nitrogens with zero attached hydrogens (tertiary/aromatic N) is 2. The van der Waals surface area contributed by atoms with Gasteiger partial charge < -0.3 is 15.0 Å². The molecule has 3 rings (SSSR count). The van der Waals surface area contributed by atoms with Crippen LogP contribution in [0.1, 0.15) is 25.3 Å². The molecule has 0 bridgehead atoms. The average Bonchev–Trinajstić information content (AvgIpc) is 3.25. The molecule has 1 aromatic carbocycles. The van der Waals surface area contributed by atoms with Crippen molar-refractivity contribution in [2.45, 2.75) is 37.7 Å². The number of benzene rings is 1. The van der Waals surface area contributed by atoms with Crippen LogP contribution in [0.15, 0.2) is 24.3 Å². The predicted molar refractivity (Wildman–Crippen MR) is 102 cm³/mol. The summed E-state index contributed by atoms with van der Waals surface area (Å²) in [6.45, 7) is 2.38. The van der Waals surface area contributed by atoms with E-state index in [-0.39, 0.29) is 40.5 Å². The van der Waals surface area contributed by atoms with Crippen LogP contribution in [0.4, 0.5) is 10.5 Å². The fourth-order valence-corrected chi connectivity index (χ4v) is 4.64. The Hall–Kier alpha value is -2.62. The molecule has 1 aromatic rings. The molecule has 28 heavy (non-hydrogen) atoms. The van der Waals surface area contributed by atoms with Crippen LogP contribution in [0.5, 0.6) is 0 Å². The highest BCUT2D eigenvalue weighted by Gasteiger charge is 2.43. The Morgan fingerprint density at radius 1 is 1.36 bits per heavy atom. The summed E-state index contributed by atoms with van der Waals surface area (Å²) < 4.78 is 5.40. The highest BCUT2D eigenvalue weighted by atomic mass is 32.2. The second-order valence-electron chi connectivity index (χ2n) is 6.93. The van der Waals surface area contributed by atoms with Gasteiger partial charge in [-0.2, -0.15) is 0 Å². The van der Waals surface area contributed by atoms with Gasteiger partial charge in [-0.1, -0.05) is 11.8 Å². The molecule has 2 fully saturated rings. The zero-order valence-corrected chi connectivity index (χ0v) is 16.1. The number of ether oxygens (including phenoxy) is 1. The fourth-order valence-electron chi connectivity index (χ4n) is 3.64. The van der Waals surface area contributed by atoms with Gasteiger partial charge in [0.05, 0.1) is 4.92 Å². The first-order valence-corrected chi connectivity index (χ1v) is 9.82. The van der Waals surface area contributed by atoms with Crippen LogP contribution in [0, 0.1) is 16.0 Å². The smallest absolute Gasteiger partial charge is 0.410 e. The molecule has 9 nitrogen and oxygen atoms in total. The zero-order chi connectivity index (χ0) is 20.3. The first-order valence-electron chi connectivity index (χ1n) is 8.94. The molecule has 2 saturated heterocycles. The van der Waals surface area contributed by atoms with Crippen molar-refractivity contribution in [2.24, 2.45) is 5.92 Å². The fraction of sp³-hybridized carbons (Fsp3) is 0.500. The van der Waals surface area contributed by atoms with Crippen molar-refractivity contribution in [3.63, 3.8) is 0 Å². The SMILES string of the molecule is CC(=O)S[C@H]1C[C@@H]([C@@H]2CNC(=O)C2)N(C(=O)OCc2ccc([N+](=O)[O-])cc2)C1. The van der Waals surface area contributed by atoms with Crippen LogP contribution in [-0.4, -0.2) is 51.3 Å². The van der Waals surface area contributed by atoms with Crippen molar-refractivity contribution in [1.29, 1.82) is 0 Å². The van der Waals surface area contributed by atoms with Gasteiger partial charge in [0.25, 0.3) is 5.69 Å². The zero-order valence-electron chi connectivity index (χ0n) is 15.3. The summed E-state index contributed by atoms with van der Waals surface area (Å²) in [7, 11) is 0. The predicted octanol–water partition coefficient (Wildman–Crippen LogP) is 2.09. The minimum Gasteiger partial charge on any atom is -0.445 e. The molecular formula is C18H21N3O6S. The Morgan fingerprint density at radius 3 is 2.64 bits per heavy atom.